The van der Waals surface area contributed by atoms with Crippen LogP contribution in [-0.2, 0) is 16.1 Å². The summed E-state index contributed by atoms with van der Waals surface area (Å²) in [4.78, 5) is 9.54. The van der Waals surface area contributed by atoms with Gasteiger partial charge in [-0.05, 0) is 61.9 Å². The third-order valence-electron chi connectivity index (χ3n) is 7.83. The Hall–Kier alpha value is -2.80. The predicted octanol–water partition coefficient (Wildman–Crippen LogP) is 3.04. The van der Waals surface area contributed by atoms with Crippen molar-refractivity contribution in [2.24, 2.45) is 5.41 Å². The van der Waals surface area contributed by atoms with Gasteiger partial charge < -0.3 is 34.9 Å². The van der Waals surface area contributed by atoms with E-state index in [1.54, 1.807) is 18.3 Å². The second kappa shape index (κ2) is 12.8. The minimum Gasteiger partial charge on any atom is -0.593 e. The van der Waals surface area contributed by atoms with Crippen molar-refractivity contribution in [2.45, 2.75) is 17.7 Å². The first-order chi connectivity index (χ1) is 19.4. The quantitative estimate of drug-likeness (QED) is 0.296. The lowest BCUT2D eigenvalue weighted by Gasteiger charge is -2.47. The van der Waals surface area contributed by atoms with Crippen molar-refractivity contribution < 1.29 is 18.8 Å². The molecule has 1 aromatic carbocycles. The summed E-state index contributed by atoms with van der Waals surface area (Å²) < 4.78 is 34.7. The van der Waals surface area contributed by atoms with Crippen LogP contribution in [0.5, 0.6) is 0 Å². The number of hydrogen-bond donors (Lipinski definition) is 3. The van der Waals surface area contributed by atoms with Crippen molar-refractivity contribution in [3.8, 4) is 0 Å². The molecule has 9 nitrogen and oxygen atoms in total. The number of aliphatic hydroxyl groups is 1. The summed E-state index contributed by atoms with van der Waals surface area (Å²) in [6.45, 7) is 5.35. The Morgan fingerprint density at radius 2 is 2.00 bits per heavy atom. The van der Waals surface area contributed by atoms with Crippen LogP contribution in [0.15, 0.2) is 70.4 Å². The molecule has 214 valence electrons. The molecule has 0 radical (unpaired) electrons. The molecular weight excluding hydrogens is 531 g/mol. The Kier molecular flexibility index (Phi) is 9.19. The fourth-order valence-electron chi connectivity index (χ4n) is 5.80. The van der Waals surface area contributed by atoms with Crippen LogP contribution in [0.3, 0.4) is 0 Å². The van der Waals surface area contributed by atoms with Gasteiger partial charge in [0.15, 0.2) is 4.90 Å². The summed E-state index contributed by atoms with van der Waals surface area (Å²) in [7, 11) is 1.98. The van der Waals surface area contributed by atoms with E-state index in [9.17, 15) is 14.0 Å². The van der Waals surface area contributed by atoms with E-state index >= 15 is 0 Å². The van der Waals surface area contributed by atoms with E-state index in [4.69, 9.17) is 10.1 Å². The Balaban J connectivity index is 1.37. The number of halogens is 1. The number of pyridine rings is 1. The van der Waals surface area contributed by atoms with Crippen molar-refractivity contribution >= 4 is 29.1 Å². The fraction of sp³-hybridized carbons (Fsp3) is 0.448. The van der Waals surface area contributed by atoms with Gasteiger partial charge in [0.05, 0.1) is 43.9 Å². The molecule has 40 heavy (non-hydrogen) atoms. The van der Waals surface area contributed by atoms with E-state index in [-0.39, 0.29) is 17.8 Å². The summed E-state index contributed by atoms with van der Waals surface area (Å²) in [6, 6.07) is 10.0. The molecule has 0 saturated carbocycles. The highest BCUT2D eigenvalue weighted by atomic mass is 32.2. The lowest BCUT2D eigenvalue weighted by Crippen LogP contribution is -2.53. The summed E-state index contributed by atoms with van der Waals surface area (Å²) >= 11 is -1.39. The molecule has 0 bridgehead atoms. The molecule has 3 N–H and O–H groups in total. The average Bonchev–Trinajstić information content (AvgIpc) is 2.98. The number of nitrogens with zero attached hydrogens (tertiary/aromatic N) is 4. The number of aromatic nitrogens is 1. The van der Waals surface area contributed by atoms with Gasteiger partial charge >= 0.3 is 0 Å². The van der Waals surface area contributed by atoms with Crippen LogP contribution in [-0.4, -0.2) is 96.2 Å². The molecular formula is C29H37FN6O3S. The van der Waals surface area contributed by atoms with Gasteiger partial charge in [-0.2, -0.15) is 0 Å². The predicted molar refractivity (Wildman–Crippen MR) is 155 cm³/mol. The van der Waals surface area contributed by atoms with Gasteiger partial charge in [-0.3, -0.25) is 0 Å². The number of piperidine rings is 1. The first-order valence-electron chi connectivity index (χ1n) is 13.6. The largest absolute Gasteiger partial charge is 0.593 e. The highest BCUT2D eigenvalue weighted by molar-refractivity contribution is 7.89. The number of morpholine rings is 1. The number of benzene rings is 1. The van der Waals surface area contributed by atoms with Crippen LogP contribution in [0, 0.1) is 16.6 Å². The molecule has 2 aromatic rings. The van der Waals surface area contributed by atoms with Gasteiger partial charge in [0.1, 0.15) is 11.6 Å². The van der Waals surface area contributed by atoms with Gasteiger partial charge in [-0.1, -0.05) is 5.57 Å². The van der Waals surface area contributed by atoms with Crippen molar-refractivity contribution in [2.75, 3.05) is 76.4 Å². The van der Waals surface area contributed by atoms with Gasteiger partial charge in [0.2, 0.25) is 0 Å². The maximum atomic E-state index is 13.8. The lowest BCUT2D eigenvalue weighted by molar-refractivity contribution is 0.122. The third-order valence-corrected chi connectivity index (χ3v) is 9.25. The Morgan fingerprint density at radius 3 is 2.67 bits per heavy atom. The molecule has 2 aliphatic heterocycles. The van der Waals surface area contributed by atoms with E-state index in [0.29, 0.717) is 50.7 Å². The Morgan fingerprint density at radius 1 is 1.23 bits per heavy atom. The average molecular weight is 569 g/mol. The number of nitrogens with one attached hydrogen (secondary N) is 2. The number of ether oxygens (including phenoxy) is 1. The van der Waals surface area contributed by atoms with Crippen LogP contribution in [0.1, 0.15) is 12.8 Å². The molecule has 3 heterocycles. The normalized spacial score (nSPS) is 22.6. The van der Waals surface area contributed by atoms with E-state index in [1.807, 2.05) is 23.5 Å². The zero-order valence-corrected chi connectivity index (χ0v) is 23.6. The number of aliphatic hydroxyl groups excluding tert-OH is 1. The van der Waals surface area contributed by atoms with Crippen LogP contribution < -0.4 is 10.2 Å². The minimum absolute atomic E-state index is 0.0487. The summed E-state index contributed by atoms with van der Waals surface area (Å²) in [5.41, 5.74) is 3.26. The standard InChI is InChI=1S/C29H37FN6O3S/c1-34(10-13-37)20-29-17-22(18-31)27(33-25-4-2-24(30)3-5-25)16-23(29)8-9-36(21-29)40(38)26-6-7-28(32-19-26)35-11-14-39-15-12-35/h2-7,16,18-19,31,33,37H,8-15,17,20-21H2,1H3/t29-,40?/m0/s1. The zero-order valence-electron chi connectivity index (χ0n) is 22.8. The molecule has 3 aliphatic rings. The maximum absolute atomic E-state index is 13.8. The molecule has 11 heteroatoms. The highest BCUT2D eigenvalue weighted by Gasteiger charge is 2.46. The number of rotatable bonds is 10. The monoisotopic (exact) mass is 568 g/mol. The van der Waals surface area contributed by atoms with Gasteiger partial charge in [-0.15, -0.1) is 4.31 Å². The number of fused-ring (bicyclic) bond motifs is 1. The van der Waals surface area contributed by atoms with Gasteiger partial charge in [-0.25, -0.2) is 9.37 Å². The smallest absolute Gasteiger partial charge is 0.192 e. The molecule has 5 rings (SSSR count). The lowest BCUT2D eigenvalue weighted by atomic mass is 9.68. The summed E-state index contributed by atoms with van der Waals surface area (Å²) in [5, 5.41) is 21.1. The van der Waals surface area contributed by atoms with E-state index in [2.05, 4.69) is 26.2 Å². The highest BCUT2D eigenvalue weighted by Crippen LogP contribution is 2.46. The second-order valence-corrected chi connectivity index (χ2v) is 12.1. The summed E-state index contributed by atoms with van der Waals surface area (Å²) in [6.07, 6.45) is 6.50. The molecule has 0 amide bonds. The van der Waals surface area contributed by atoms with Crippen molar-refractivity contribution in [1.29, 1.82) is 5.41 Å². The van der Waals surface area contributed by atoms with Crippen LogP contribution >= 0.6 is 0 Å². The second-order valence-electron chi connectivity index (χ2n) is 10.6. The zero-order chi connectivity index (χ0) is 28.1. The van der Waals surface area contributed by atoms with Crippen LogP contribution in [0.25, 0.3) is 0 Å². The molecule has 2 saturated heterocycles. The molecule has 1 aromatic heterocycles. The molecule has 1 unspecified atom stereocenters. The molecule has 2 fully saturated rings. The van der Waals surface area contributed by atoms with E-state index in [1.165, 1.54) is 23.9 Å². The maximum Gasteiger partial charge on any atom is 0.192 e. The number of allylic oxidation sites excluding steroid dienone is 2. The van der Waals surface area contributed by atoms with Crippen LogP contribution in [0.4, 0.5) is 15.9 Å². The molecule has 1 aliphatic carbocycles. The van der Waals surface area contributed by atoms with Crippen LogP contribution in [0.2, 0.25) is 0 Å². The first kappa shape index (κ1) is 28.7. The molecule has 2 atom stereocenters. The van der Waals surface area contributed by atoms with Gasteiger partial charge in [0.25, 0.3) is 0 Å². The molecule has 0 spiro atoms. The van der Waals surface area contributed by atoms with E-state index < -0.39 is 11.4 Å². The van der Waals surface area contributed by atoms with E-state index in [0.717, 1.165) is 42.3 Å². The summed E-state index contributed by atoms with van der Waals surface area (Å²) in [5.74, 6) is 0.565. The Labute approximate surface area is 238 Å². The Bertz CT molecular complexity index is 1240. The van der Waals surface area contributed by atoms with Gasteiger partial charge in [0, 0.05) is 61.8 Å². The fourth-order valence-corrected chi connectivity index (χ4v) is 7.05. The topological polar surface area (TPSA) is 111 Å². The first-order valence-corrected chi connectivity index (χ1v) is 14.7. The third kappa shape index (κ3) is 6.40. The SMILES string of the molecule is CN(CCO)C[C@]12CC(C=N)=C(Nc3ccc(F)cc3)C=C1CCN([S+]([O-])c1ccc(N3CCOCC3)nc1)C2. The number of likely N-dealkylation sites (N-methyl/N-ethyl adjacent to an activating group) is 1. The number of anilines is 2. The van der Waals surface area contributed by atoms with Crippen molar-refractivity contribution in [3.63, 3.8) is 0 Å². The number of hydrogen-bond acceptors (Lipinski definition) is 9. The van der Waals surface area contributed by atoms with Crippen molar-refractivity contribution in [1.82, 2.24) is 14.2 Å². The minimum atomic E-state index is -1.39. The van der Waals surface area contributed by atoms with Crippen molar-refractivity contribution in [3.05, 3.63) is 71.3 Å².